The Balaban J connectivity index is 2.26. The topological polar surface area (TPSA) is 58.8 Å². The average Bonchev–Trinajstić information content (AvgIpc) is 2.36. The van der Waals surface area contributed by atoms with Gasteiger partial charge in [0, 0.05) is 0 Å². The van der Waals surface area contributed by atoms with E-state index in [-0.39, 0.29) is 22.3 Å². The van der Waals surface area contributed by atoms with Crippen LogP contribution in [0.1, 0.15) is 5.69 Å². The zero-order chi connectivity index (χ0) is 12.3. The molecule has 4 nitrogen and oxygen atoms in total. The van der Waals surface area contributed by atoms with Gasteiger partial charge in [-0.3, -0.25) is 0 Å². The highest BCUT2D eigenvalue weighted by molar-refractivity contribution is 6.30. The second-order valence-electron chi connectivity index (χ2n) is 3.01. The van der Waals surface area contributed by atoms with E-state index in [1.807, 2.05) is 6.07 Å². The van der Waals surface area contributed by atoms with Crippen LogP contribution in [-0.4, -0.2) is 9.97 Å². The minimum Gasteiger partial charge on any atom is -0.434 e. The summed E-state index contributed by atoms with van der Waals surface area (Å²) in [5.41, 5.74) is 0.156. The predicted octanol–water partition coefficient (Wildman–Crippen LogP) is 2.93. The van der Waals surface area contributed by atoms with Crippen LogP contribution in [0.15, 0.2) is 30.6 Å². The molecule has 0 unspecified atom stereocenters. The summed E-state index contributed by atoms with van der Waals surface area (Å²) in [4.78, 5) is 7.54. The van der Waals surface area contributed by atoms with Gasteiger partial charge in [-0.05, 0) is 12.1 Å². The van der Waals surface area contributed by atoms with Crippen molar-refractivity contribution < 1.29 is 9.13 Å². The lowest BCUT2D eigenvalue weighted by molar-refractivity contribution is 0.425. The van der Waals surface area contributed by atoms with Gasteiger partial charge in [-0.25, -0.2) is 14.4 Å². The highest BCUT2D eigenvalue weighted by Crippen LogP contribution is 2.27. The van der Waals surface area contributed by atoms with Crippen LogP contribution in [0, 0.1) is 17.1 Å². The summed E-state index contributed by atoms with van der Waals surface area (Å²) in [5.74, 6) is -0.623. The number of hydrogen-bond donors (Lipinski definition) is 0. The van der Waals surface area contributed by atoms with Gasteiger partial charge in [-0.2, -0.15) is 5.26 Å². The first-order valence-electron chi connectivity index (χ1n) is 4.54. The maximum Gasteiger partial charge on any atom is 0.238 e. The molecule has 1 aromatic carbocycles. The summed E-state index contributed by atoms with van der Waals surface area (Å²) in [6.45, 7) is 0. The fourth-order valence-corrected chi connectivity index (χ4v) is 1.27. The van der Waals surface area contributed by atoms with E-state index in [1.165, 1.54) is 24.5 Å². The Morgan fingerprint density at radius 2 is 2.12 bits per heavy atom. The molecule has 0 aliphatic heterocycles. The Morgan fingerprint density at radius 1 is 1.29 bits per heavy atom. The van der Waals surface area contributed by atoms with E-state index in [0.29, 0.717) is 0 Å². The molecule has 0 amide bonds. The fraction of sp³-hybridized carbons (Fsp3) is 0. The number of nitriles is 1. The van der Waals surface area contributed by atoms with Gasteiger partial charge in [0.25, 0.3) is 0 Å². The van der Waals surface area contributed by atoms with E-state index in [9.17, 15) is 4.39 Å². The van der Waals surface area contributed by atoms with Gasteiger partial charge in [-0.15, -0.1) is 0 Å². The highest BCUT2D eigenvalue weighted by atomic mass is 35.5. The van der Waals surface area contributed by atoms with Crippen LogP contribution in [0.3, 0.4) is 0 Å². The molecule has 17 heavy (non-hydrogen) atoms. The lowest BCUT2D eigenvalue weighted by Crippen LogP contribution is -1.93. The van der Waals surface area contributed by atoms with E-state index in [4.69, 9.17) is 21.6 Å². The zero-order valence-corrected chi connectivity index (χ0v) is 9.15. The van der Waals surface area contributed by atoms with Crippen LogP contribution < -0.4 is 4.74 Å². The highest BCUT2D eigenvalue weighted by Gasteiger charge is 2.09. The van der Waals surface area contributed by atoms with Crippen LogP contribution in [0.25, 0.3) is 0 Å². The molecule has 0 fully saturated rings. The fourth-order valence-electron chi connectivity index (χ4n) is 1.10. The minimum atomic E-state index is -0.666. The van der Waals surface area contributed by atoms with E-state index in [0.717, 1.165) is 0 Å². The molecule has 0 atom stereocenters. The molecule has 0 spiro atoms. The van der Waals surface area contributed by atoms with Crippen molar-refractivity contribution in [2.45, 2.75) is 0 Å². The summed E-state index contributed by atoms with van der Waals surface area (Å²) in [6, 6.07) is 6.20. The molecule has 0 saturated heterocycles. The first-order valence-corrected chi connectivity index (χ1v) is 4.92. The quantitative estimate of drug-likeness (QED) is 0.821. The number of halogens is 2. The molecular weight excluding hydrogens is 245 g/mol. The van der Waals surface area contributed by atoms with E-state index in [2.05, 4.69) is 9.97 Å². The summed E-state index contributed by atoms with van der Waals surface area (Å²) in [7, 11) is 0. The Bertz CT molecular complexity index is 580. The summed E-state index contributed by atoms with van der Waals surface area (Å²) >= 11 is 5.59. The molecule has 0 aliphatic carbocycles. The second kappa shape index (κ2) is 4.76. The van der Waals surface area contributed by atoms with Crippen LogP contribution in [-0.2, 0) is 0 Å². The van der Waals surface area contributed by atoms with Crippen molar-refractivity contribution in [2.24, 2.45) is 0 Å². The molecule has 6 heteroatoms. The van der Waals surface area contributed by atoms with Gasteiger partial charge >= 0.3 is 0 Å². The molecule has 0 radical (unpaired) electrons. The van der Waals surface area contributed by atoms with Crippen molar-refractivity contribution in [3.05, 3.63) is 47.1 Å². The van der Waals surface area contributed by atoms with Crippen molar-refractivity contribution in [1.29, 1.82) is 5.26 Å². The van der Waals surface area contributed by atoms with Crippen molar-refractivity contribution in [3.63, 3.8) is 0 Å². The van der Waals surface area contributed by atoms with Crippen molar-refractivity contribution in [1.82, 2.24) is 9.97 Å². The summed E-state index contributed by atoms with van der Waals surface area (Å²) in [6.07, 6.45) is 2.47. The number of aromatic nitrogens is 2. The van der Waals surface area contributed by atoms with E-state index in [1.54, 1.807) is 6.07 Å². The Morgan fingerprint density at radius 3 is 2.76 bits per heavy atom. The number of ether oxygens (including phenoxy) is 1. The number of hydrogen-bond acceptors (Lipinski definition) is 4. The monoisotopic (exact) mass is 249 g/mol. The van der Waals surface area contributed by atoms with Crippen LogP contribution in [0.4, 0.5) is 4.39 Å². The third kappa shape index (κ3) is 2.49. The average molecular weight is 250 g/mol. The predicted molar refractivity (Wildman–Crippen MR) is 58.2 cm³/mol. The van der Waals surface area contributed by atoms with Crippen LogP contribution >= 0.6 is 11.6 Å². The maximum atomic E-state index is 13.5. The van der Waals surface area contributed by atoms with Gasteiger partial charge in [-0.1, -0.05) is 17.7 Å². The van der Waals surface area contributed by atoms with Gasteiger partial charge in [0.15, 0.2) is 17.3 Å². The van der Waals surface area contributed by atoms with Crippen LogP contribution in [0.2, 0.25) is 5.02 Å². The van der Waals surface area contributed by atoms with E-state index < -0.39 is 5.82 Å². The molecule has 0 aliphatic rings. The molecule has 0 N–H and O–H groups in total. The van der Waals surface area contributed by atoms with Crippen molar-refractivity contribution >= 4 is 11.6 Å². The lowest BCUT2D eigenvalue weighted by Gasteiger charge is -2.05. The minimum absolute atomic E-state index is 0.0379. The summed E-state index contributed by atoms with van der Waals surface area (Å²) in [5, 5.41) is 8.49. The van der Waals surface area contributed by atoms with Crippen molar-refractivity contribution in [3.8, 4) is 17.7 Å². The SMILES string of the molecule is N#Cc1cnc(Oc2cccc(Cl)c2F)cn1. The number of nitrogens with zero attached hydrogens (tertiary/aromatic N) is 3. The second-order valence-corrected chi connectivity index (χ2v) is 3.41. The molecule has 84 valence electrons. The molecular formula is C11H5ClFN3O. The maximum absolute atomic E-state index is 13.5. The Labute approximate surface area is 101 Å². The first kappa shape index (κ1) is 11.3. The van der Waals surface area contributed by atoms with Gasteiger partial charge in [0.1, 0.15) is 6.07 Å². The zero-order valence-electron chi connectivity index (χ0n) is 8.39. The number of benzene rings is 1. The summed E-state index contributed by atoms with van der Waals surface area (Å²) < 4.78 is 18.6. The Hall–Kier alpha value is -2.19. The Kier molecular flexibility index (Phi) is 3.17. The van der Waals surface area contributed by atoms with Crippen LogP contribution in [0.5, 0.6) is 11.6 Å². The normalized spacial score (nSPS) is 9.71. The smallest absolute Gasteiger partial charge is 0.238 e. The molecule has 1 heterocycles. The van der Waals surface area contributed by atoms with E-state index >= 15 is 0 Å². The van der Waals surface area contributed by atoms with Gasteiger partial charge in [0.05, 0.1) is 17.4 Å². The third-order valence-electron chi connectivity index (χ3n) is 1.87. The third-order valence-corrected chi connectivity index (χ3v) is 2.17. The van der Waals surface area contributed by atoms with Gasteiger partial charge < -0.3 is 4.74 Å². The molecule has 2 rings (SSSR count). The van der Waals surface area contributed by atoms with Crippen molar-refractivity contribution in [2.75, 3.05) is 0 Å². The standard InChI is InChI=1S/C11H5ClFN3O/c12-8-2-1-3-9(11(8)13)17-10-6-15-7(4-14)5-16-10/h1-3,5-6H. The lowest BCUT2D eigenvalue weighted by atomic mass is 10.3. The number of rotatable bonds is 2. The van der Waals surface area contributed by atoms with Gasteiger partial charge in [0.2, 0.25) is 5.88 Å². The molecule has 0 saturated carbocycles. The molecule has 2 aromatic rings. The molecule has 0 bridgehead atoms. The first-order chi connectivity index (χ1) is 8.20. The molecule has 1 aromatic heterocycles. The largest absolute Gasteiger partial charge is 0.434 e.